The molecule has 1 heterocycles. The van der Waals surface area contributed by atoms with Gasteiger partial charge in [-0.1, -0.05) is 66.8 Å². The number of benzene rings is 1. The van der Waals surface area contributed by atoms with Crippen LogP contribution in [-0.4, -0.2) is 13.2 Å². The predicted octanol–water partition coefficient (Wildman–Crippen LogP) is 6.52. The quantitative estimate of drug-likeness (QED) is 0.591. The third kappa shape index (κ3) is 4.80. The maximum atomic E-state index is 10.6. The van der Waals surface area contributed by atoms with Gasteiger partial charge in [0.2, 0.25) is 0 Å². The van der Waals surface area contributed by atoms with E-state index in [1.807, 2.05) is 17.4 Å². The van der Waals surface area contributed by atoms with Gasteiger partial charge in [0.25, 0.3) is 0 Å². The Balaban J connectivity index is 2.40. The van der Waals surface area contributed by atoms with Crippen LogP contribution in [0.2, 0.25) is 19.1 Å². The fraction of sp³-hybridized carbons (Fsp3) is 0.565. The molecule has 0 spiro atoms. The zero-order valence-corrected chi connectivity index (χ0v) is 19.9. The third-order valence-corrected chi connectivity index (χ3v) is 11.0. The van der Waals surface area contributed by atoms with Crippen LogP contribution in [0.5, 0.6) is 5.75 Å². The highest BCUT2D eigenvalue weighted by Crippen LogP contribution is 2.38. The predicted molar refractivity (Wildman–Crippen MR) is 120 cm³/mol. The first-order valence-electron chi connectivity index (χ1n) is 9.65. The molecule has 0 saturated heterocycles. The smallest absolute Gasteiger partial charge is 0.119 e. The van der Waals surface area contributed by atoms with Crippen LogP contribution in [0.3, 0.4) is 0 Å². The molecule has 0 aliphatic heterocycles. The number of thiophene rings is 1. The average Bonchev–Trinajstić information content (AvgIpc) is 2.91. The highest BCUT2D eigenvalue weighted by molar-refractivity contribution is 7.26. The number of phenols is 1. The molecule has 1 nitrogen and oxygen atoms in total. The summed E-state index contributed by atoms with van der Waals surface area (Å²) in [6.45, 7) is 20.4. The summed E-state index contributed by atoms with van der Waals surface area (Å²) in [5.41, 5.74) is 3.75. The molecule has 2 rings (SSSR count). The van der Waals surface area contributed by atoms with E-state index in [9.17, 15) is 5.11 Å². The van der Waals surface area contributed by atoms with Gasteiger partial charge in [-0.25, -0.2) is 0 Å². The van der Waals surface area contributed by atoms with Crippen molar-refractivity contribution in [1.29, 1.82) is 0 Å². The Hall–Kier alpha value is -1.06. The molecular formula is C23H36OSSi. The van der Waals surface area contributed by atoms with Crippen LogP contribution in [0, 0.1) is 6.92 Å². The molecule has 26 heavy (non-hydrogen) atoms. The summed E-state index contributed by atoms with van der Waals surface area (Å²) in [4.78, 5) is 1.41. The molecule has 0 unspecified atom stereocenters. The van der Waals surface area contributed by atoms with Crippen molar-refractivity contribution in [3.05, 3.63) is 45.8 Å². The lowest BCUT2D eigenvalue weighted by molar-refractivity contribution is 0.442. The number of phenolic OH excluding ortho intramolecular Hbond substituents is 1. The number of hydrogen-bond acceptors (Lipinski definition) is 2. The summed E-state index contributed by atoms with van der Waals surface area (Å²) in [5.74, 6) is 0.441. The standard InChI is InChI=1S/C23H36OSSi/c1-16-10-11-21(25-16)26(8,9)13-12-17-14-19(23(5,6)7)20(24)15-18(17)22(2,3)4/h10-11,14-15,24H,12-13H2,1-9H3. The summed E-state index contributed by atoms with van der Waals surface area (Å²) in [6.07, 6.45) is 1.09. The van der Waals surface area contributed by atoms with Crippen LogP contribution in [0.15, 0.2) is 24.3 Å². The van der Waals surface area contributed by atoms with Crippen molar-refractivity contribution in [2.45, 2.75) is 84.9 Å². The van der Waals surface area contributed by atoms with Gasteiger partial charge in [-0.15, -0.1) is 0 Å². The van der Waals surface area contributed by atoms with Crippen LogP contribution in [0.1, 0.15) is 63.1 Å². The molecule has 0 aliphatic rings. The Morgan fingerprint density at radius 3 is 1.96 bits per heavy atom. The molecule has 0 aliphatic carbocycles. The highest BCUT2D eigenvalue weighted by atomic mass is 32.1. The SMILES string of the molecule is Cc1ccc([Si](C)(C)CCc2cc(C(C)(C)C)c(O)cc2C(C)(C)C)s1. The van der Waals surface area contributed by atoms with Crippen LogP contribution in [0.4, 0.5) is 0 Å². The van der Waals surface area contributed by atoms with Gasteiger partial charge >= 0.3 is 0 Å². The first-order chi connectivity index (χ1) is 11.7. The van der Waals surface area contributed by atoms with Crippen molar-refractivity contribution in [2.24, 2.45) is 0 Å². The molecule has 0 fully saturated rings. The third-order valence-electron chi connectivity index (χ3n) is 5.26. The first kappa shape index (κ1) is 21.2. The molecule has 0 bridgehead atoms. The molecule has 0 amide bonds. The van der Waals surface area contributed by atoms with Crippen molar-refractivity contribution in [3.8, 4) is 5.75 Å². The molecule has 1 aromatic heterocycles. The van der Waals surface area contributed by atoms with Crippen LogP contribution < -0.4 is 4.50 Å². The fourth-order valence-corrected chi connectivity index (χ4v) is 7.70. The zero-order valence-electron chi connectivity index (χ0n) is 18.1. The molecule has 2 aromatic rings. The molecule has 0 atom stereocenters. The summed E-state index contributed by atoms with van der Waals surface area (Å²) >= 11 is 1.97. The monoisotopic (exact) mass is 388 g/mol. The lowest BCUT2D eigenvalue weighted by Crippen LogP contribution is -2.39. The lowest BCUT2D eigenvalue weighted by atomic mass is 9.78. The minimum Gasteiger partial charge on any atom is -0.508 e. The Morgan fingerprint density at radius 1 is 0.923 bits per heavy atom. The molecule has 3 heteroatoms. The van der Waals surface area contributed by atoms with E-state index in [1.54, 1.807) is 4.50 Å². The second-order valence-electron chi connectivity index (χ2n) is 10.3. The minimum absolute atomic E-state index is 0.0362. The van der Waals surface area contributed by atoms with Gasteiger partial charge in [0.1, 0.15) is 5.75 Å². The van der Waals surface area contributed by atoms with E-state index in [0.717, 1.165) is 12.0 Å². The van der Waals surface area contributed by atoms with E-state index < -0.39 is 8.07 Å². The van der Waals surface area contributed by atoms with Gasteiger partial charge in [-0.2, -0.15) is 11.3 Å². The summed E-state index contributed by atoms with van der Waals surface area (Å²) < 4.78 is 1.60. The van der Waals surface area contributed by atoms with Gasteiger partial charge in [0, 0.05) is 4.88 Å². The zero-order chi connectivity index (χ0) is 19.9. The van der Waals surface area contributed by atoms with E-state index in [-0.39, 0.29) is 10.8 Å². The second-order valence-corrected chi connectivity index (χ2v) is 16.8. The van der Waals surface area contributed by atoms with Gasteiger partial charge < -0.3 is 5.11 Å². The van der Waals surface area contributed by atoms with Crippen molar-refractivity contribution >= 4 is 23.9 Å². The van der Waals surface area contributed by atoms with E-state index in [4.69, 9.17) is 0 Å². The number of aryl methyl sites for hydroxylation is 2. The van der Waals surface area contributed by atoms with Gasteiger partial charge in [-0.3, -0.25) is 0 Å². The van der Waals surface area contributed by atoms with Crippen LogP contribution >= 0.6 is 11.3 Å². The number of aromatic hydroxyl groups is 1. The van der Waals surface area contributed by atoms with Crippen molar-refractivity contribution in [1.82, 2.24) is 0 Å². The molecule has 1 aromatic carbocycles. The summed E-state index contributed by atoms with van der Waals surface area (Å²) in [6, 6.07) is 10.1. The Labute approximate surface area is 165 Å². The molecule has 1 N–H and O–H groups in total. The van der Waals surface area contributed by atoms with Gasteiger partial charge in [0.05, 0.1) is 8.07 Å². The Morgan fingerprint density at radius 2 is 1.50 bits per heavy atom. The van der Waals surface area contributed by atoms with E-state index in [2.05, 4.69) is 79.8 Å². The number of rotatable bonds is 4. The lowest BCUT2D eigenvalue weighted by Gasteiger charge is -2.29. The largest absolute Gasteiger partial charge is 0.508 e. The van der Waals surface area contributed by atoms with E-state index in [1.165, 1.54) is 22.0 Å². The molecule has 144 valence electrons. The van der Waals surface area contributed by atoms with Crippen LogP contribution in [0.25, 0.3) is 0 Å². The molecule has 0 saturated carbocycles. The summed E-state index contributed by atoms with van der Waals surface area (Å²) in [7, 11) is -1.44. The van der Waals surface area contributed by atoms with E-state index >= 15 is 0 Å². The Bertz CT molecular complexity index is 772. The minimum atomic E-state index is -1.44. The highest BCUT2D eigenvalue weighted by Gasteiger charge is 2.28. The van der Waals surface area contributed by atoms with Crippen LogP contribution in [-0.2, 0) is 17.3 Å². The number of hydrogen-bond donors (Lipinski definition) is 1. The normalized spacial score (nSPS) is 13.3. The second kappa shape index (κ2) is 7.16. The van der Waals surface area contributed by atoms with Crippen molar-refractivity contribution < 1.29 is 5.11 Å². The van der Waals surface area contributed by atoms with Gasteiger partial charge in [0.15, 0.2) is 0 Å². The maximum Gasteiger partial charge on any atom is 0.119 e. The fourth-order valence-electron chi connectivity index (χ4n) is 3.51. The van der Waals surface area contributed by atoms with Gasteiger partial charge in [-0.05, 0) is 63.5 Å². The van der Waals surface area contributed by atoms with E-state index in [0.29, 0.717) is 5.75 Å². The topological polar surface area (TPSA) is 20.2 Å². The average molecular weight is 389 g/mol. The maximum absolute atomic E-state index is 10.6. The van der Waals surface area contributed by atoms with Crippen molar-refractivity contribution in [2.75, 3.05) is 0 Å². The Kier molecular flexibility index (Phi) is 5.85. The summed E-state index contributed by atoms with van der Waals surface area (Å²) in [5, 5.41) is 10.6. The van der Waals surface area contributed by atoms with Crippen molar-refractivity contribution in [3.63, 3.8) is 0 Å². The molecule has 0 radical (unpaired) electrons. The molecular weight excluding hydrogens is 352 g/mol. The first-order valence-corrected chi connectivity index (χ1v) is 13.7.